The number of nitrogens with one attached hydrogen (secondary N) is 3. The Morgan fingerprint density at radius 2 is 1.79 bits per heavy atom. The van der Waals surface area contributed by atoms with E-state index in [1.54, 1.807) is 43.1 Å². The molecular weight excluding hydrogens is 378 g/mol. The molecule has 2 rings (SSSR count). The summed E-state index contributed by atoms with van der Waals surface area (Å²) in [6.07, 6.45) is 0.274. The number of esters is 1. The number of methoxy groups -OCH3 is 1. The number of hydrogen-bond donors (Lipinski definition) is 3. The van der Waals surface area contributed by atoms with Crippen molar-refractivity contribution in [1.82, 2.24) is 16.0 Å². The molecule has 0 bridgehead atoms. The third-order valence-corrected chi connectivity index (χ3v) is 6.04. The summed E-state index contributed by atoms with van der Waals surface area (Å²) < 4.78 is 4.56. The lowest BCUT2D eigenvalue weighted by Crippen LogP contribution is -2.56. The summed E-state index contributed by atoms with van der Waals surface area (Å²) in [6, 6.07) is 5.66. The van der Waals surface area contributed by atoms with Crippen LogP contribution in [0.3, 0.4) is 0 Å². The normalized spacial score (nSPS) is 20.9. The highest BCUT2D eigenvalue weighted by Gasteiger charge is 2.49. The van der Waals surface area contributed by atoms with Crippen molar-refractivity contribution in [3.8, 4) is 0 Å². The molecular formula is C20H29N3O4S. The molecule has 2 atom stereocenters. The lowest BCUT2D eigenvalue weighted by molar-refractivity contribution is -0.145. The van der Waals surface area contributed by atoms with Crippen LogP contribution in [0, 0.1) is 0 Å². The maximum Gasteiger partial charge on any atom is 0.328 e. The first-order chi connectivity index (χ1) is 13.0. The number of carbonyl (C=O) groups excluding carboxylic acids is 3. The first kappa shape index (κ1) is 22.2. The molecule has 0 spiro atoms. The highest BCUT2D eigenvalue weighted by molar-refractivity contribution is 8.02. The number of rotatable bonds is 6. The second-order valence-corrected chi connectivity index (χ2v) is 10.1. The van der Waals surface area contributed by atoms with Crippen LogP contribution < -0.4 is 16.0 Å². The van der Waals surface area contributed by atoms with E-state index in [2.05, 4.69) is 16.0 Å². The summed E-state index contributed by atoms with van der Waals surface area (Å²) in [7, 11) is 2.87. The summed E-state index contributed by atoms with van der Waals surface area (Å²) >= 11 is 1.69. The Bertz CT molecular complexity index is 746. The zero-order valence-electron chi connectivity index (χ0n) is 17.2. The van der Waals surface area contributed by atoms with Gasteiger partial charge in [-0.1, -0.05) is 12.1 Å². The molecule has 1 fully saturated rings. The molecule has 8 heteroatoms. The van der Waals surface area contributed by atoms with Gasteiger partial charge in [-0.25, -0.2) is 4.79 Å². The lowest BCUT2D eigenvalue weighted by Gasteiger charge is -2.26. The Kier molecular flexibility index (Phi) is 6.77. The zero-order valence-corrected chi connectivity index (χ0v) is 18.0. The molecule has 1 heterocycles. The van der Waals surface area contributed by atoms with Crippen LogP contribution in [0.5, 0.6) is 0 Å². The fourth-order valence-corrected chi connectivity index (χ4v) is 5.19. The highest BCUT2D eigenvalue weighted by Crippen LogP contribution is 2.44. The molecule has 28 heavy (non-hydrogen) atoms. The average Bonchev–Trinajstić information content (AvgIpc) is 2.87. The predicted octanol–water partition coefficient (Wildman–Crippen LogP) is 1.47. The summed E-state index contributed by atoms with van der Waals surface area (Å²) in [4.78, 5) is 36.6. The molecule has 0 saturated carbocycles. The lowest BCUT2D eigenvalue weighted by atomic mass is 10.00. The molecule has 3 N–H and O–H groups in total. The molecule has 2 unspecified atom stereocenters. The van der Waals surface area contributed by atoms with Crippen LogP contribution in [0.25, 0.3) is 0 Å². The van der Waals surface area contributed by atoms with Gasteiger partial charge in [0.2, 0.25) is 5.91 Å². The van der Waals surface area contributed by atoms with Gasteiger partial charge in [-0.15, -0.1) is 11.8 Å². The minimum absolute atomic E-state index is 0.181. The molecule has 1 aliphatic heterocycles. The van der Waals surface area contributed by atoms with E-state index in [1.165, 1.54) is 7.11 Å². The Labute approximate surface area is 170 Å². The van der Waals surface area contributed by atoms with Gasteiger partial charge in [-0.2, -0.15) is 0 Å². The monoisotopic (exact) mass is 407 g/mol. The third-order valence-electron chi connectivity index (χ3n) is 4.65. The van der Waals surface area contributed by atoms with E-state index in [-0.39, 0.29) is 27.9 Å². The highest BCUT2D eigenvalue weighted by atomic mass is 32.2. The van der Waals surface area contributed by atoms with Gasteiger partial charge in [0.1, 0.15) is 12.1 Å². The SMILES string of the molecule is CNC(=O)c1ccc(CC(NC(=O)C2NC(C)(C)SC2(C)C)C(=O)OC)cc1. The van der Waals surface area contributed by atoms with Crippen LogP contribution in [0.15, 0.2) is 24.3 Å². The molecule has 1 aromatic carbocycles. The van der Waals surface area contributed by atoms with Gasteiger partial charge < -0.3 is 15.4 Å². The predicted molar refractivity (Wildman–Crippen MR) is 110 cm³/mol. The van der Waals surface area contributed by atoms with E-state index in [0.717, 1.165) is 5.56 Å². The average molecular weight is 408 g/mol. The maximum atomic E-state index is 12.9. The van der Waals surface area contributed by atoms with Crippen LogP contribution in [-0.4, -0.2) is 53.6 Å². The summed E-state index contributed by atoms with van der Waals surface area (Å²) in [5.74, 6) is -0.925. The second kappa shape index (κ2) is 8.53. The third kappa shape index (κ3) is 5.26. The molecule has 0 radical (unpaired) electrons. The molecule has 7 nitrogen and oxygen atoms in total. The first-order valence-corrected chi connectivity index (χ1v) is 9.98. The van der Waals surface area contributed by atoms with Crippen molar-refractivity contribution in [2.75, 3.05) is 14.2 Å². The van der Waals surface area contributed by atoms with Crippen molar-refractivity contribution in [1.29, 1.82) is 0 Å². The number of amides is 2. The standard InChI is InChI=1S/C20H29N3O4S/c1-19(2)15(23-20(3,4)28-19)17(25)22-14(18(26)27-6)11-12-7-9-13(10-8-12)16(24)21-5/h7-10,14-15,23H,11H2,1-6H3,(H,21,24)(H,22,25). The van der Waals surface area contributed by atoms with E-state index in [4.69, 9.17) is 4.74 Å². The topological polar surface area (TPSA) is 96.5 Å². The second-order valence-electron chi connectivity index (χ2n) is 7.86. The number of benzene rings is 1. The van der Waals surface area contributed by atoms with Crippen molar-refractivity contribution in [3.63, 3.8) is 0 Å². The van der Waals surface area contributed by atoms with Crippen LogP contribution in [0.1, 0.15) is 43.6 Å². The molecule has 0 aliphatic carbocycles. The Balaban J connectivity index is 2.13. The van der Waals surface area contributed by atoms with Gasteiger partial charge in [0.05, 0.1) is 12.0 Å². The van der Waals surface area contributed by atoms with E-state index in [0.29, 0.717) is 5.56 Å². The molecule has 0 aromatic heterocycles. The fourth-order valence-electron chi connectivity index (χ4n) is 3.41. The molecule has 1 aliphatic rings. The number of carbonyl (C=O) groups is 3. The summed E-state index contributed by atoms with van der Waals surface area (Å²) in [5, 5.41) is 8.72. The van der Waals surface area contributed by atoms with Crippen LogP contribution >= 0.6 is 11.8 Å². The van der Waals surface area contributed by atoms with E-state index in [9.17, 15) is 14.4 Å². The summed E-state index contributed by atoms with van der Waals surface area (Å²) in [6.45, 7) is 8.07. The maximum absolute atomic E-state index is 12.9. The fraction of sp³-hybridized carbons (Fsp3) is 0.550. The van der Waals surface area contributed by atoms with E-state index >= 15 is 0 Å². The Morgan fingerprint density at radius 3 is 2.25 bits per heavy atom. The largest absolute Gasteiger partial charge is 0.467 e. The first-order valence-electron chi connectivity index (χ1n) is 9.16. The summed E-state index contributed by atoms with van der Waals surface area (Å²) in [5.41, 5.74) is 1.35. The molecule has 1 aromatic rings. The van der Waals surface area contributed by atoms with Crippen molar-refractivity contribution in [2.45, 2.75) is 55.8 Å². The van der Waals surface area contributed by atoms with Crippen LogP contribution in [-0.2, 0) is 20.7 Å². The Morgan fingerprint density at radius 1 is 1.18 bits per heavy atom. The number of ether oxygens (including phenoxy) is 1. The van der Waals surface area contributed by atoms with Crippen molar-refractivity contribution in [2.24, 2.45) is 0 Å². The minimum Gasteiger partial charge on any atom is -0.467 e. The number of thioether (sulfide) groups is 1. The van der Waals surface area contributed by atoms with Gasteiger partial charge in [-0.3, -0.25) is 14.9 Å². The van der Waals surface area contributed by atoms with Gasteiger partial charge in [0, 0.05) is 23.8 Å². The molecule has 2 amide bonds. The van der Waals surface area contributed by atoms with Gasteiger partial charge in [-0.05, 0) is 45.4 Å². The van der Waals surface area contributed by atoms with Crippen LogP contribution in [0.4, 0.5) is 0 Å². The van der Waals surface area contributed by atoms with Gasteiger partial charge in [0.15, 0.2) is 0 Å². The Hall–Kier alpha value is -2.06. The van der Waals surface area contributed by atoms with E-state index in [1.807, 2.05) is 27.7 Å². The number of hydrogen-bond acceptors (Lipinski definition) is 6. The molecule has 1 saturated heterocycles. The quantitative estimate of drug-likeness (QED) is 0.618. The smallest absolute Gasteiger partial charge is 0.328 e. The zero-order chi connectivity index (χ0) is 21.1. The minimum atomic E-state index is -0.810. The van der Waals surface area contributed by atoms with Crippen molar-refractivity contribution >= 4 is 29.5 Å². The van der Waals surface area contributed by atoms with Crippen LogP contribution in [0.2, 0.25) is 0 Å². The van der Waals surface area contributed by atoms with E-state index < -0.39 is 18.1 Å². The van der Waals surface area contributed by atoms with Crippen molar-refractivity contribution < 1.29 is 19.1 Å². The van der Waals surface area contributed by atoms with Gasteiger partial charge in [0.25, 0.3) is 5.91 Å². The van der Waals surface area contributed by atoms with Crippen molar-refractivity contribution in [3.05, 3.63) is 35.4 Å². The van der Waals surface area contributed by atoms with Gasteiger partial charge >= 0.3 is 5.97 Å². The molecule has 154 valence electrons.